The van der Waals surface area contributed by atoms with Gasteiger partial charge >= 0.3 is 5.69 Å². The van der Waals surface area contributed by atoms with Gasteiger partial charge in [-0.2, -0.15) is 0 Å². The molecule has 27 heavy (non-hydrogen) atoms. The fourth-order valence-electron chi connectivity index (χ4n) is 2.27. The number of rotatable bonds is 6. The van der Waals surface area contributed by atoms with Crippen LogP contribution >= 0.6 is 0 Å². The lowest BCUT2D eigenvalue weighted by Crippen LogP contribution is -2.12. The average Bonchev–Trinajstić information content (AvgIpc) is 2.62. The third-order valence-corrected chi connectivity index (χ3v) is 4.98. The first-order chi connectivity index (χ1) is 12.8. The van der Waals surface area contributed by atoms with Gasteiger partial charge in [0.25, 0.3) is 15.9 Å². The minimum absolute atomic E-state index is 0.125. The smallest absolute Gasteiger partial charge is 0.331 e. The van der Waals surface area contributed by atoms with E-state index in [0.29, 0.717) is 0 Å². The van der Waals surface area contributed by atoms with Gasteiger partial charge in [-0.3, -0.25) is 14.8 Å². The average molecular weight is 385 g/mol. The second kappa shape index (κ2) is 7.42. The molecule has 9 heteroatoms. The molecule has 0 radical (unpaired) electrons. The van der Waals surface area contributed by atoms with Crippen molar-refractivity contribution in [1.29, 1.82) is 0 Å². The highest BCUT2D eigenvalue weighted by atomic mass is 32.2. The van der Waals surface area contributed by atoms with E-state index in [1.807, 2.05) is 6.92 Å². The summed E-state index contributed by atoms with van der Waals surface area (Å²) in [5.74, 6) is 0.0296. The molecule has 0 saturated heterocycles. The standard InChI is InChI=1S/C18H15N3O5S/c1-13-7-9-16(10-8-13)27(24,25)20-14-4-2-5-15(12-14)26-18-17(21(22)23)6-3-11-19-18/h2-12,20H,1H3. The van der Waals surface area contributed by atoms with Gasteiger partial charge < -0.3 is 4.74 Å². The number of hydrogen-bond donors (Lipinski definition) is 1. The highest BCUT2D eigenvalue weighted by Gasteiger charge is 2.17. The summed E-state index contributed by atoms with van der Waals surface area (Å²) in [6, 6.07) is 15.2. The van der Waals surface area contributed by atoms with Crippen LogP contribution in [0.15, 0.2) is 71.8 Å². The number of pyridine rings is 1. The molecule has 3 aromatic rings. The fraction of sp³-hybridized carbons (Fsp3) is 0.0556. The van der Waals surface area contributed by atoms with Crippen molar-refractivity contribution in [2.45, 2.75) is 11.8 Å². The molecular weight excluding hydrogens is 370 g/mol. The van der Waals surface area contributed by atoms with E-state index in [1.165, 1.54) is 36.5 Å². The third-order valence-electron chi connectivity index (χ3n) is 3.58. The Morgan fingerprint density at radius 1 is 1.07 bits per heavy atom. The Kier molecular flexibility index (Phi) is 5.04. The number of nitrogens with zero attached hydrogens (tertiary/aromatic N) is 2. The Morgan fingerprint density at radius 3 is 2.52 bits per heavy atom. The zero-order valence-electron chi connectivity index (χ0n) is 14.2. The predicted octanol–water partition coefficient (Wildman–Crippen LogP) is 3.89. The molecule has 0 fully saturated rings. The van der Waals surface area contributed by atoms with E-state index in [9.17, 15) is 18.5 Å². The Bertz CT molecular complexity index is 1080. The van der Waals surface area contributed by atoms with E-state index in [1.54, 1.807) is 30.3 Å². The van der Waals surface area contributed by atoms with Crippen molar-refractivity contribution in [3.63, 3.8) is 0 Å². The van der Waals surface area contributed by atoms with Crippen LogP contribution in [0.1, 0.15) is 5.56 Å². The second-order valence-corrected chi connectivity index (χ2v) is 7.32. The van der Waals surface area contributed by atoms with Crippen LogP contribution in [0.3, 0.4) is 0 Å². The quantitative estimate of drug-likeness (QED) is 0.509. The van der Waals surface area contributed by atoms with Crippen LogP contribution in [-0.4, -0.2) is 18.3 Å². The van der Waals surface area contributed by atoms with Crippen molar-refractivity contribution < 1.29 is 18.1 Å². The molecule has 3 rings (SSSR count). The predicted molar refractivity (Wildman–Crippen MR) is 99.4 cm³/mol. The summed E-state index contributed by atoms with van der Waals surface area (Å²) in [6.07, 6.45) is 1.37. The first-order valence-corrected chi connectivity index (χ1v) is 9.30. The molecule has 138 valence electrons. The zero-order chi connectivity index (χ0) is 19.4. The largest absolute Gasteiger partial charge is 0.434 e. The molecule has 0 amide bonds. The van der Waals surface area contributed by atoms with Gasteiger partial charge in [-0.05, 0) is 37.3 Å². The molecule has 8 nitrogen and oxygen atoms in total. The van der Waals surface area contributed by atoms with Crippen molar-refractivity contribution in [2.75, 3.05) is 4.72 Å². The molecular formula is C18H15N3O5S. The number of hydrogen-bond acceptors (Lipinski definition) is 6. The van der Waals surface area contributed by atoms with Gasteiger partial charge in [0.2, 0.25) is 0 Å². The maximum Gasteiger partial charge on any atom is 0.331 e. The molecule has 2 aromatic carbocycles. The molecule has 0 aliphatic carbocycles. The number of nitrogens with one attached hydrogen (secondary N) is 1. The van der Waals surface area contributed by atoms with E-state index < -0.39 is 14.9 Å². The minimum atomic E-state index is -3.77. The topological polar surface area (TPSA) is 111 Å². The molecule has 0 bridgehead atoms. The Morgan fingerprint density at radius 2 is 1.81 bits per heavy atom. The fourth-order valence-corrected chi connectivity index (χ4v) is 3.32. The highest BCUT2D eigenvalue weighted by molar-refractivity contribution is 7.92. The number of sulfonamides is 1. The van der Waals surface area contributed by atoms with Crippen LogP contribution in [-0.2, 0) is 10.0 Å². The first kappa shape index (κ1) is 18.3. The van der Waals surface area contributed by atoms with Gasteiger partial charge in [-0.25, -0.2) is 13.4 Å². The van der Waals surface area contributed by atoms with Crippen LogP contribution in [0.25, 0.3) is 0 Å². The first-order valence-electron chi connectivity index (χ1n) is 7.82. The number of aromatic nitrogens is 1. The highest BCUT2D eigenvalue weighted by Crippen LogP contribution is 2.30. The van der Waals surface area contributed by atoms with Crippen molar-refractivity contribution in [3.05, 3.63) is 82.5 Å². The Labute approximate surface area is 155 Å². The van der Waals surface area contributed by atoms with E-state index in [0.717, 1.165) is 5.56 Å². The molecule has 0 spiro atoms. The van der Waals surface area contributed by atoms with Gasteiger partial charge in [0.05, 0.1) is 15.5 Å². The second-order valence-electron chi connectivity index (χ2n) is 5.63. The molecule has 1 heterocycles. The van der Waals surface area contributed by atoms with Crippen molar-refractivity contribution in [2.24, 2.45) is 0 Å². The lowest BCUT2D eigenvalue weighted by Gasteiger charge is -2.10. The van der Waals surface area contributed by atoms with Crippen molar-refractivity contribution >= 4 is 21.4 Å². The minimum Gasteiger partial charge on any atom is -0.434 e. The van der Waals surface area contributed by atoms with Crippen LogP contribution in [0.4, 0.5) is 11.4 Å². The van der Waals surface area contributed by atoms with Crippen LogP contribution in [0.2, 0.25) is 0 Å². The molecule has 0 aliphatic heterocycles. The van der Waals surface area contributed by atoms with E-state index in [2.05, 4.69) is 9.71 Å². The molecule has 1 N–H and O–H groups in total. The lowest BCUT2D eigenvalue weighted by molar-refractivity contribution is -0.386. The summed E-state index contributed by atoms with van der Waals surface area (Å²) >= 11 is 0. The maximum atomic E-state index is 12.5. The monoisotopic (exact) mass is 385 g/mol. The van der Waals surface area contributed by atoms with Gasteiger partial charge in [0.1, 0.15) is 5.75 Å². The number of benzene rings is 2. The molecule has 0 unspecified atom stereocenters. The van der Waals surface area contributed by atoms with Gasteiger partial charge in [0, 0.05) is 18.3 Å². The number of ether oxygens (including phenoxy) is 1. The third kappa shape index (κ3) is 4.39. The lowest BCUT2D eigenvalue weighted by atomic mass is 10.2. The van der Waals surface area contributed by atoms with E-state index in [-0.39, 0.29) is 27.9 Å². The van der Waals surface area contributed by atoms with Gasteiger partial charge in [-0.15, -0.1) is 0 Å². The number of aryl methyl sites for hydroxylation is 1. The summed E-state index contributed by atoms with van der Waals surface area (Å²) in [7, 11) is -3.77. The normalized spacial score (nSPS) is 11.0. The molecule has 0 atom stereocenters. The van der Waals surface area contributed by atoms with Crippen LogP contribution in [0, 0.1) is 17.0 Å². The molecule has 0 aliphatic rings. The molecule has 0 saturated carbocycles. The summed E-state index contributed by atoms with van der Waals surface area (Å²) in [4.78, 5) is 14.4. The Balaban J connectivity index is 1.84. The zero-order valence-corrected chi connectivity index (χ0v) is 15.0. The molecule has 1 aromatic heterocycles. The van der Waals surface area contributed by atoms with Crippen molar-refractivity contribution in [3.8, 4) is 11.6 Å². The number of nitro groups is 1. The van der Waals surface area contributed by atoms with Gasteiger partial charge in [-0.1, -0.05) is 23.8 Å². The SMILES string of the molecule is Cc1ccc(S(=O)(=O)Nc2cccc(Oc3ncccc3[N+](=O)[O-])c2)cc1. The summed E-state index contributed by atoms with van der Waals surface area (Å²) < 4.78 is 32.9. The van der Waals surface area contributed by atoms with Gasteiger partial charge in [0.15, 0.2) is 0 Å². The summed E-state index contributed by atoms with van der Waals surface area (Å²) in [5.41, 5.74) is 0.913. The summed E-state index contributed by atoms with van der Waals surface area (Å²) in [6.45, 7) is 1.86. The maximum absolute atomic E-state index is 12.5. The van der Waals surface area contributed by atoms with Crippen molar-refractivity contribution in [1.82, 2.24) is 4.98 Å². The number of anilines is 1. The van der Waals surface area contributed by atoms with Crippen LogP contribution < -0.4 is 9.46 Å². The van der Waals surface area contributed by atoms with Crippen LogP contribution in [0.5, 0.6) is 11.6 Å². The summed E-state index contributed by atoms with van der Waals surface area (Å²) in [5, 5.41) is 11.0. The Hall–Kier alpha value is -3.46. The van der Waals surface area contributed by atoms with E-state index >= 15 is 0 Å². The van der Waals surface area contributed by atoms with E-state index in [4.69, 9.17) is 4.74 Å².